The molecule has 4 fully saturated rings. The first-order valence-corrected chi connectivity index (χ1v) is 8.25. The Balaban J connectivity index is 1.55. The van der Waals surface area contributed by atoms with E-state index < -0.39 is 11.6 Å². The topological polar surface area (TPSA) is 12.0 Å². The van der Waals surface area contributed by atoms with Gasteiger partial charge in [0, 0.05) is 17.8 Å². The van der Waals surface area contributed by atoms with Gasteiger partial charge >= 0.3 is 0 Å². The standard InChI is InChI=1S/C18H23F2N/c1-11(21-17-6-15(19)5-16(20)7-17)18-8-12-2-13(9-18)4-14(3-12)10-18/h5-7,11-14,21H,2-4,8-10H2,1H3. The van der Waals surface area contributed by atoms with Crippen molar-refractivity contribution in [2.45, 2.75) is 51.5 Å². The number of anilines is 1. The van der Waals surface area contributed by atoms with Gasteiger partial charge in [0.2, 0.25) is 0 Å². The summed E-state index contributed by atoms with van der Waals surface area (Å²) < 4.78 is 26.7. The summed E-state index contributed by atoms with van der Waals surface area (Å²) >= 11 is 0. The zero-order valence-corrected chi connectivity index (χ0v) is 12.5. The Labute approximate surface area is 125 Å². The highest BCUT2D eigenvalue weighted by Gasteiger charge is 2.53. The van der Waals surface area contributed by atoms with Gasteiger partial charge in [-0.1, -0.05) is 0 Å². The lowest BCUT2D eigenvalue weighted by Gasteiger charge is -2.59. The Bertz CT molecular complexity index is 499. The number of benzene rings is 1. The third-order valence-electron chi connectivity index (χ3n) is 6.25. The van der Waals surface area contributed by atoms with Gasteiger partial charge in [0.1, 0.15) is 11.6 Å². The summed E-state index contributed by atoms with van der Waals surface area (Å²) in [5, 5.41) is 3.40. The van der Waals surface area contributed by atoms with Crippen LogP contribution in [0.5, 0.6) is 0 Å². The molecule has 1 aromatic carbocycles. The second-order valence-electron chi connectivity index (χ2n) is 7.80. The fourth-order valence-electron chi connectivity index (χ4n) is 5.75. The van der Waals surface area contributed by atoms with Crippen LogP contribution in [0.3, 0.4) is 0 Å². The van der Waals surface area contributed by atoms with Crippen molar-refractivity contribution in [3.05, 3.63) is 29.8 Å². The average Bonchev–Trinajstić information content (AvgIpc) is 2.35. The van der Waals surface area contributed by atoms with Crippen LogP contribution in [0.4, 0.5) is 14.5 Å². The summed E-state index contributed by atoms with van der Waals surface area (Å²) in [5.74, 6) is 1.67. The minimum Gasteiger partial charge on any atom is -0.382 e. The molecule has 4 bridgehead atoms. The van der Waals surface area contributed by atoms with E-state index in [9.17, 15) is 8.78 Å². The van der Waals surface area contributed by atoms with Crippen molar-refractivity contribution < 1.29 is 8.78 Å². The summed E-state index contributed by atoms with van der Waals surface area (Å²) in [5.41, 5.74) is 0.924. The van der Waals surface area contributed by atoms with Crippen molar-refractivity contribution >= 4 is 5.69 Å². The zero-order valence-electron chi connectivity index (χ0n) is 12.5. The second kappa shape index (κ2) is 4.69. The van der Waals surface area contributed by atoms with Crippen LogP contribution in [0.1, 0.15) is 45.4 Å². The average molecular weight is 291 g/mol. The molecule has 5 rings (SSSR count). The van der Waals surface area contributed by atoms with E-state index in [1.54, 1.807) is 0 Å². The van der Waals surface area contributed by atoms with E-state index in [0.717, 1.165) is 23.8 Å². The first-order valence-electron chi connectivity index (χ1n) is 8.25. The normalized spacial score (nSPS) is 38.5. The molecule has 0 aliphatic heterocycles. The zero-order chi connectivity index (χ0) is 14.6. The van der Waals surface area contributed by atoms with E-state index in [2.05, 4.69) is 12.2 Å². The molecular formula is C18H23F2N. The van der Waals surface area contributed by atoms with Crippen LogP contribution in [-0.4, -0.2) is 6.04 Å². The Kier molecular flexibility index (Phi) is 3.02. The smallest absolute Gasteiger partial charge is 0.128 e. The molecule has 1 N–H and O–H groups in total. The molecule has 21 heavy (non-hydrogen) atoms. The molecule has 4 saturated carbocycles. The van der Waals surface area contributed by atoms with Crippen molar-refractivity contribution in [2.24, 2.45) is 23.2 Å². The Morgan fingerprint density at radius 1 is 0.952 bits per heavy atom. The van der Waals surface area contributed by atoms with Crippen LogP contribution in [0.25, 0.3) is 0 Å². The molecule has 1 aromatic rings. The van der Waals surface area contributed by atoms with Gasteiger partial charge in [0.25, 0.3) is 0 Å². The molecule has 0 saturated heterocycles. The van der Waals surface area contributed by atoms with E-state index in [0.29, 0.717) is 11.1 Å². The SMILES string of the molecule is CC(Nc1cc(F)cc(F)c1)C12CC3CC(CC(C3)C1)C2. The highest BCUT2D eigenvalue weighted by Crippen LogP contribution is 2.61. The maximum absolute atomic E-state index is 13.4. The van der Waals surface area contributed by atoms with Crippen LogP contribution in [0, 0.1) is 34.8 Å². The molecule has 114 valence electrons. The highest BCUT2D eigenvalue weighted by molar-refractivity contribution is 5.45. The van der Waals surface area contributed by atoms with E-state index in [-0.39, 0.29) is 6.04 Å². The minimum atomic E-state index is -0.504. The van der Waals surface area contributed by atoms with Crippen LogP contribution in [0.2, 0.25) is 0 Å². The summed E-state index contributed by atoms with van der Waals surface area (Å²) in [6.45, 7) is 2.20. The molecule has 0 amide bonds. The van der Waals surface area contributed by atoms with Crippen molar-refractivity contribution in [3.8, 4) is 0 Å². The molecule has 1 nitrogen and oxygen atoms in total. The Hall–Kier alpha value is -1.12. The maximum Gasteiger partial charge on any atom is 0.128 e. The molecule has 0 radical (unpaired) electrons. The van der Waals surface area contributed by atoms with Gasteiger partial charge in [0.15, 0.2) is 0 Å². The number of nitrogens with one attached hydrogen (secondary N) is 1. The fourth-order valence-corrected chi connectivity index (χ4v) is 5.75. The first kappa shape index (κ1) is 13.5. The third kappa shape index (κ3) is 2.35. The summed E-state index contributed by atoms with van der Waals surface area (Å²) in [4.78, 5) is 0. The molecular weight excluding hydrogens is 268 g/mol. The molecule has 1 unspecified atom stereocenters. The Morgan fingerprint density at radius 2 is 1.43 bits per heavy atom. The summed E-state index contributed by atoms with van der Waals surface area (Å²) in [7, 11) is 0. The van der Waals surface area contributed by atoms with Crippen molar-refractivity contribution in [1.29, 1.82) is 0 Å². The number of hydrogen-bond donors (Lipinski definition) is 1. The Morgan fingerprint density at radius 3 is 1.90 bits per heavy atom. The molecule has 0 heterocycles. The predicted molar refractivity (Wildman–Crippen MR) is 80.0 cm³/mol. The van der Waals surface area contributed by atoms with Crippen LogP contribution in [0.15, 0.2) is 18.2 Å². The lowest BCUT2D eigenvalue weighted by molar-refractivity contribution is -0.0602. The summed E-state index contributed by atoms with van der Waals surface area (Å²) in [6.07, 6.45) is 8.14. The minimum absolute atomic E-state index is 0.284. The largest absolute Gasteiger partial charge is 0.382 e. The van der Waals surface area contributed by atoms with Gasteiger partial charge < -0.3 is 5.32 Å². The number of halogens is 2. The maximum atomic E-state index is 13.4. The lowest BCUT2D eigenvalue weighted by Crippen LogP contribution is -2.52. The van der Waals surface area contributed by atoms with Gasteiger partial charge in [-0.2, -0.15) is 0 Å². The van der Waals surface area contributed by atoms with Gasteiger partial charge in [-0.3, -0.25) is 0 Å². The van der Waals surface area contributed by atoms with Crippen molar-refractivity contribution in [2.75, 3.05) is 5.32 Å². The molecule has 0 aromatic heterocycles. The molecule has 4 aliphatic rings. The van der Waals surface area contributed by atoms with E-state index in [1.807, 2.05) is 0 Å². The quantitative estimate of drug-likeness (QED) is 0.828. The van der Waals surface area contributed by atoms with Crippen LogP contribution >= 0.6 is 0 Å². The van der Waals surface area contributed by atoms with Gasteiger partial charge in [0.05, 0.1) is 0 Å². The molecule has 4 aliphatic carbocycles. The van der Waals surface area contributed by atoms with Crippen LogP contribution < -0.4 is 5.32 Å². The first-order chi connectivity index (χ1) is 10.0. The van der Waals surface area contributed by atoms with Gasteiger partial charge in [-0.25, -0.2) is 8.78 Å². The molecule has 3 heteroatoms. The number of rotatable bonds is 3. The summed E-state index contributed by atoms with van der Waals surface area (Å²) in [6, 6.07) is 4.02. The highest BCUT2D eigenvalue weighted by atomic mass is 19.1. The monoisotopic (exact) mass is 291 g/mol. The molecule has 1 atom stereocenters. The lowest BCUT2D eigenvalue weighted by atomic mass is 9.48. The van der Waals surface area contributed by atoms with Crippen molar-refractivity contribution in [3.63, 3.8) is 0 Å². The van der Waals surface area contributed by atoms with E-state index in [1.165, 1.54) is 50.7 Å². The van der Waals surface area contributed by atoms with Crippen LogP contribution in [-0.2, 0) is 0 Å². The molecule has 0 spiro atoms. The fraction of sp³-hybridized carbons (Fsp3) is 0.667. The van der Waals surface area contributed by atoms with E-state index >= 15 is 0 Å². The predicted octanol–water partition coefficient (Wildman–Crippen LogP) is 4.98. The van der Waals surface area contributed by atoms with Gasteiger partial charge in [-0.05, 0) is 80.8 Å². The third-order valence-corrected chi connectivity index (χ3v) is 6.25. The van der Waals surface area contributed by atoms with Crippen molar-refractivity contribution in [1.82, 2.24) is 0 Å². The van der Waals surface area contributed by atoms with Gasteiger partial charge in [-0.15, -0.1) is 0 Å². The number of hydrogen-bond acceptors (Lipinski definition) is 1. The second-order valence-corrected chi connectivity index (χ2v) is 7.80. The van der Waals surface area contributed by atoms with E-state index in [4.69, 9.17) is 0 Å².